The Morgan fingerprint density at radius 2 is 2.32 bits per heavy atom. The number of hydrogen-bond donors (Lipinski definition) is 0. The van der Waals surface area contributed by atoms with Crippen LogP contribution >= 0.6 is 11.3 Å². The maximum Gasteiger partial charge on any atom is 0.228 e. The molecule has 0 aromatic carbocycles. The summed E-state index contributed by atoms with van der Waals surface area (Å²) in [6.45, 7) is 2.08. The summed E-state index contributed by atoms with van der Waals surface area (Å²) in [6, 6.07) is 0. The van der Waals surface area contributed by atoms with E-state index >= 15 is 0 Å². The minimum atomic E-state index is -0.00630. The van der Waals surface area contributed by atoms with E-state index in [9.17, 15) is 9.59 Å². The van der Waals surface area contributed by atoms with Crippen molar-refractivity contribution in [3.05, 3.63) is 23.5 Å². The lowest BCUT2D eigenvalue weighted by atomic mass is 9.88. The first-order valence-corrected chi connectivity index (χ1v) is 8.43. The number of thiazole rings is 1. The highest BCUT2D eigenvalue weighted by Gasteiger charge is 2.43. The highest BCUT2D eigenvalue weighted by atomic mass is 32.1. The molecule has 0 spiro atoms. The van der Waals surface area contributed by atoms with Gasteiger partial charge in [-0.05, 0) is 12.3 Å². The molecule has 2 aromatic rings. The first-order chi connectivity index (χ1) is 10.6. The van der Waals surface area contributed by atoms with Gasteiger partial charge >= 0.3 is 0 Å². The molecule has 0 saturated carbocycles. The van der Waals surface area contributed by atoms with Crippen LogP contribution in [0.3, 0.4) is 0 Å². The van der Waals surface area contributed by atoms with Gasteiger partial charge in [-0.2, -0.15) is 0 Å². The average molecular weight is 318 g/mol. The predicted octanol–water partition coefficient (Wildman–Crippen LogP) is 0.875. The Bertz CT molecular complexity index is 708. The Labute approximate surface area is 132 Å². The van der Waals surface area contributed by atoms with Crippen molar-refractivity contribution in [3.63, 3.8) is 0 Å². The van der Waals surface area contributed by atoms with Crippen LogP contribution < -0.4 is 0 Å². The first-order valence-electron chi connectivity index (χ1n) is 7.55. The zero-order valence-corrected chi connectivity index (χ0v) is 13.3. The van der Waals surface area contributed by atoms with Crippen LogP contribution in [0.4, 0.5) is 0 Å². The van der Waals surface area contributed by atoms with Gasteiger partial charge in [0.2, 0.25) is 11.8 Å². The largest absolute Gasteiger partial charge is 0.345 e. The number of rotatable bonds is 2. The molecule has 2 aromatic heterocycles. The second-order valence-electron chi connectivity index (χ2n) is 6.22. The molecule has 2 atom stereocenters. The first kappa shape index (κ1) is 13.8. The molecule has 4 heterocycles. The lowest BCUT2D eigenvalue weighted by molar-refractivity contribution is -0.138. The van der Waals surface area contributed by atoms with Gasteiger partial charge in [0.05, 0.1) is 18.0 Å². The van der Waals surface area contributed by atoms with E-state index in [1.165, 1.54) is 0 Å². The highest BCUT2D eigenvalue weighted by molar-refractivity contribution is 7.15. The second kappa shape index (κ2) is 5.08. The minimum absolute atomic E-state index is 0.00630. The zero-order chi connectivity index (χ0) is 15.3. The SMILES string of the molecule is CN1CC[C@@H]2CN(C(=O)Cc3cn4ccsc4n3)C[C@@H]2C1=O. The molecule has 0 radical (unpaired) electrons. The smallest absolute Gasteiger partial charge is 0.228 e. The molecule has 0 unspecified atom stereocenters. The molecule has 0 bridgehead atoms. The molecule has 2 aliphatic rings. The number of nitrogens with zero attached hydrogens (tertiary/aromatic N) is 4. The van der Waals surface area contributed by atoms with Crippen LogP contribution in [0.25, 0.3) is 4.96 Å². The number of fused-ring (bicyclic) bond motifs is 2. The van der Waals surface area contributed by atoms with Gasteiger partial charge in [-0.25, -0.2) is 4.98 Å². The molecule has 0 N–H and O–H groups in total. The number of likely N-dealkylation sites (tertiary alicyclic amines) is 2. The fourth-order valence-corrected chi connectivity index (χ4v) is 4.25. The molecule has 2 aliphatic heterocycles. The number of carbonyl (C=O) groups is 2. The Kier molecular flexibility index (Phi) is 3.18. The molecular formula is C15H18N4O2S. The summed E-state index contributed by atoms with van der Waals surface area (Å²) in [5.74, 6) is 0.594. The molecule has 2 saturated heterocycles. The van der Waals surface area contributed by atoms with Gasteiger partial charge in [0.25, 0.3) is 0 Å². The van der Waals surface area contributed by atoms with Crippen molar-refractivity contribution >= 4 is 28.1 Å². The molecule has 22 heavy (non-hydrogen) atoms. The topological polar surface area (TPSA) is 57.9 Å². The van der Waals surface area contributed by atoms with Crippen molar-refractivity contribution in [2.24, 2.45) is 11.8 Å². The maximum absolute atomic E-state index is 12.5. The fourth-order valence-electron chi connectivity index (χ4n) is 3.53. The summed E-state index contributed by atoms with van der Waals surface area (Å²) >= 11 is 1.56. The van der Waals surface area contributed by atoms with Crippen molar-refractivity contribution < 1.29 is 9.59 Å². The third-order valence-corrected chi connectivity index (χ3v) is 5.57. The van der Waals surface area contributed by atoms with E-state index in [-0.39, 0.29) is 17.7 Å². The quantitative estimate of drug-likeness (QED) is 0.826. The van der Waals surface area contributed by atoms with Gasteiger partial charge in [-0.15, -0.1) is 11.3 Å². The van der Waals surface area contributed by atoms with Gasteiger partial charge in [0, 0.05) is 44.5 Å². The van der Waals surface area contributed by atoms with Crippen LogP contribution in [-0.4, -0.2) is 57.7 Å². The molecule has 2 fully saturated rings. The van der Waals surface area contributed by atoms with E-state index < -0.39 is 0 Å². The lowest BCUT2D eigenvalue weighted by Crippen LogP contribution is -2.42. The number of amides is 2. The van der Waals surface area contributed by atoms with Crippen LogP contribution in [0.5, 0.6) is 0 Å². The fraction of sp³-hybridized carbons (Fsp3) is 0.533. The van der Waals surface area contributed by atoms with Crippen LogP contribution in [0.15, 0.2) is 17.8 Å². The van der Waals surface area contributed by atoms with Gasteiger partial charge in [-0.3, -0.25) is 14.0 Å². The lowest BCUT2D eigenvalue weighted by Gasteiger charge is -2.30. The standard InChI is InChI=1S/C15H18N4O2S/c1-17-3-2-10-7-19(9-12(10)14(17)21)13(20)6-11-8-18-4-5-22-15(18)16-11/h4-5,8,10,12H,2-3,6-7,9H2,1H3/t10-,12+/m1/s1. The summed E-state index contributed by atoms with van der Waals surface area (Å²) < 4.78 is 1.94. The molecular weight excluding hydrogens is 300 g/mol. The third-order valence-electron chi connectivity index (χ3n) is 4.80. The van der Waals surface area contributed by atoms with Crippen molar-refractivity contribution in [3.8, 4) is 0 Å². The van der Waals surface area contributed by atoms with Gasteiger partial charge < -0.3 is 9.80 Å². The monoisotopic (exact) mass is 318 g/mol. The van der Waals surface area contributed by atoms with Crippen LogP contribution in [0, 0.1) is 11.8 Å². The summed E-state index contributed by atoms with van der Waals surface area (Å²) in [7, 11) is 1.85. The molecule has 7 heteroatoms. The number of hydrogen-bond acceptors (Lipinski definition) is 4. The summed E-state index contributed by atoms with van der Waals surface area (Å²) in [5.41, 5.74) is 0.801. The minimum Gasteiger partial charge on any atom is -0.345 e. The van der Waals surface area contributed by atoms with Crippen LogP contribution in [0.1, 0.15) is 12.1 Å². The number of aromatic nitrogens is 2. The van der Waals surface area contributed by atoms with E-state index in [1.54, 1.807) is 16.2 Å². The van der Waals surface area contributed by atoms with E-state index in [0.29, 0.717) is 25.4 Å². The Balaban J connectivity index is 1.45. The number of carbonyl (C=O) groups excluding carboxylic acids is 2. The van der Waals surface area contributed by atoms with Crippen LogP contribution in [-0.2, 0) is 16.0 Å². The van der Waals surface area contributed by atoms with Crippen LogP contribution in [0.2, 0.25) is 0 Å². The molecule has 116 valence electrons. The number of imidazole rings is 1. The van der Waals surface area contributed by atoms with E-state index in [0.717, 1.165) is 23.6 Å². The molecule has 0 aliphatic carbocycles. The average Bonchev–Trinajstić information content (AvgIpc) is 3.16. The van der Waals surface area contributed by atoms with Gasteiger partial charge in [0.15, 0.2) is 4.96 Å². The van der Waals surface area contributed by atoms with E-state index in [1.807, 2.05) is 34.1 Å². The Hall–Kier alpha value is -1.89. The van der Waals surface area contributed by atoms with Crippen molar-refractivity contribution in [2.45, 2.75) is 12.8 Å². The normalized spacial score (nSPS) is 25.0. The summed E-state index contributed by atoms with van der Waals surface area (Å²) in [5, 5.41) is 1.97. The highest BCUT2D eigenvalue weighted by Crippen LogP contribution is 2.31. The van der Waals surface area contributed by atoms with E-state index in [2.05, 4.69) is 4.98 Å². The Morgan fingerprint density at radius 1 is 1.45 bits per heavy atom. The summed E-state index contributed by atoms with van der Waals surface area (Å²) in [6.07, 6.45) is 5.17. The number of piperidine rings is 1. The van der Waals surface area contributed by atoms with Gasteiger partial charge in [-0.1, -0.05) is 0 Å². The van der Waals surface area contributed by atoms with Crippen molar-refractivity contribution in [1.82, 2.24) is 19.2 Å². The van der Waals surface area contributed by atoms with Gasteiger partial charge in [0.1, 0.15) is 0 Å². The third kappa shape index (κ3) is 2.20. The maximum atomic E-state index is 12.5. The van der Waals surface area contributed by atoms with E-state index in [4.69, 9.17) is 0 Å². The predicted molar refractivity (Wildman–Crippen MR) is 82.6 cm³/mol. The van der Waals surface area contributed by atoms with Crippen molar-refractivity contribution in [1.29, 1.82) is 0 Å². The summed E-state index contributed by atoms with van der Waals surface area (Å²) in [4.78, 5) is 33.7. The zero-order valence-electron chi connectivity index (χ0n) is 12.4. The molecule has 2 amide bonds. The molecule has 6 nitrogen and oxygen atoms in total. The van der Waals surface area contributed by atoms with Crippen molar-refractivity contribution in [2.75, 3.05) is 26.7 Å². The Morgan fingerprint density at radius 3 is 3.14 bits per heavy atom. The molecule has 4 rings (SSSR count). The second-order valence-corrected chi connectivity index (χ2v) is 7.09.